The first kappa shape index (κ1) is 7.61. The van der Waals surface area contributed by atoms with Gasteiger partial charge in [-0.15, -0.1) is 0 Å². The Labute approximate surface area is 50.4 Å². The fourth-order valence-electron chi connectivity index (χ4n) is 0.224. The maximum atomic E-state index is 7.35. The van der Waals surface area contributed by atoms with Gasteiger partial charge in [-0.3, -0.25) is 0 Å². The van der Waals surface area contributed by atoms with Crippen molar-refractivity contribution in [1.82, 2.24) is 5.50 Å². The Morgan fingerprint density at radius 1 is 1.43 bits per heavy atom. The molecule has 0 spiro atoms. The normalized spacial score (nSPS) is 11.9. The first-order valence-corrected chi connectivity index (χ1v) is 5.63. The van der Waals surface area contributed by atoms with E-state index in [1.165, 1.54) is 0 Å². The molecular weight excluding hydrogens is 125 g/mol. The van der Waals surface area contributed by atoms with Crippen LogP contribution in [-0.4, -0.2) is 12.3 Å². The van der Waals surface area contributed by atoms with E-state index >= 15 is 0 Å². The summed E-state index contributed by atoms with van der Waals surface area (Å²) in [7, 11) is 0. The largest absolute Gasteiger partial charge is 0.223 e. The van der Waals surface area contributed by atoms with Crippen LogP contribution in [0.4, 0.5) is 0 Å². The van der Waals surface area contributed by atoms with Gasteiger partial charge in [0, 0.05) is 6.19 Å². The average molecular weight is 136 g/mol. The van der Waals surface area contributed by atoms with Crippen LogP contribution in [0.5, 0.6) is 0 Å². The molecule has 0 aromatic heterocycles. The quantitative estimate of drug-likeness (QED) is 0.530. The van der Waals surface area contributed by atoms with Crippen molar-refractivity contribution in [2.75, 3.05) is 12.3 Å². The highest BCUT2D eigenvalue weighted by molar-refractivity contribution is 8.13. The molecule has 0 rings (SSSR count). The Morgan fingerprint density at radius 3 is 1.71 bits per heavy atom. The first-order valence-electron chi connectivity index (χ1n) is 2.45. The fourth-order valence-corrected chi connectivity index (χ4v) is 0.671. The zero-order chi connectivity index (χ0) is 5.91. The summed E-state index contributed by atoms with van der Waals surface area (Å²) in [5.74, 6) is 0. The monoisotopic (exact) mass is 136 g/mol. The maximum Gasteiger partial charge on any atom is 0.0254 e. The van der Waals surface area contributed by atoms with Gasteiger partial charge in [-0.05, 0) is 12.3 Å². The Hall–Kier alpha value is 0.610. The predicted molar refractivity (Wildman–Crippen MR) is 38.5 cm³/mol. The highest BCUT2D eigenvalue weighted by Gasteiger charge is 2.01. The summed E-state index contributed by atoms with van der Waals surface area (Å²) in [6, 6.07) is 0. The van der Waals surface area contributed by atoms with Crippen LogP contribution in [0.15, 0.2) is 0 Å². The van der Waals surface area contributed by atoms with Gasteiger partial charge in [0.05, 0.1) is 0 Å². The van der Waals surface area contributed by atoms with Crippen LogP contribution in [-0.2, 0) is 11.8 Å². The zero-order valence-corrected chi connectivity index (χ0v) is 6.48. The summed E-state index contributed by atoms with van der Waals surface area (Å²) >= 11 is 4.92. The standard InChI is InChI=1S/C4H11NPS/c1-3-6(5,7)4-2/h5H,3-4H2,1-2H3. The lowest BCUT2D eigenvalue weighted by atomic mass is 11.0. The topological polar surface area (TPSA) is 23.8 Å². The van der Waals surface area contributed by atoms with E-state index in [2.05, 4.69) is 0 Å². The van der Waals surface area contributed by atoms with Crippen molar-refractivity contribution < 1.29 is 0 Å². The molecule has 1 nitrogen and oxygen atoms in total. The minimum absolute atomic E-state index is 0.888. The van der Waals surface area contributed by atoms with Crippen molar-refractivity contribution in [3.63, 3.8) is 0 Å². The third kappa shape index (κ3) is 3.22. The molecule has 0 aliphatic carbocycles. The van der Waals surface area contributed by atoms with Gasteiger partial charge in [-0.2, -0.15) is 0 Å². The van der Waals surface area contributed by atoms with Crippen LogP contribution in [0, 0.1) is 0 Å². The number of rotatable bonds is 2. The van der Waals surface area contributed by atoms with Crippen LogP contribution < -0.4 is 5.50 Å². The van der Waals surface area contributed by atoms with E-state index in [-0.39, 0.29) is 0 Å². The highest BCUT2D eigenvalue weighted by atomic mass is 32.4. The number of nitrogens with one attached hydrogen (secondary N) is 1. The smallest absolute Gasteiger partial charge is 0.0254 e. The molecule has 7 heavy (non-hydrogen) atoms. The second kappa shape index (κ2) is 2.81. The Kier molecular flexibility index (Phi) is 3.05. The molecule has 0 aliphatic heterocycles. The van der Waals surface area contributed by atoms with Crippen molar-refractivity contribution in [3.8, 4) is 0 Å². The summed E-state index contributed by atoms with van der Waals surface area (Å²) in [6.45, 7) is 3.99. The minimum Gasteiger partial charge on any atom is -0.223 e. The molecule has 0 saturated heterocycles. The average Bonchev–Trinajstić information content (AvgIpc) is 1.68. The summed E-state index contributed by atoms with van der Waals surface area (Å²) in [5, 5.41) is 0. The third-order valence-electron chi connectivity index (χ3n) is 1.02. The van der Waals surface area contributed by atoms with Crippen LogP contribution in [0.1, 0.15) is 13.8 Å². The second-order valence-electron chi connectivity index (χ2n) is 1.52. The molecule has 0 aromatic carbocycles. The lowest BCUT2D eigenvalue weighted by Crippen LogP contribution is -1.86. The Morgan fingerprint density at radius 2 is 1.71 bits per heavy atom. The zero-order valence-electron chi connectivity index (χ0n) is 4.77. The van der Waals surface area contributed by atoms with E-state index in [1.807, 2.05) is 13.8 Å². The molecule has 0 bridgehead atoms. The van der Waals surface area contributed by atoms with E-state index in [1.54, 1.807) is 0 Å². The lowest BCUT2D eigenvalue weighted by Gasteiger charge is -2.06. The number of hydrogen-bond acceptors (Lipinski definition) is 1. The minimum atomic E-state index is -1.57. The Balaban J connectivity index is 3.61. The Bertz CT molecular complexity index is 83.7. The van der Waals surface area contributed by atoms with E-state index in [9.17, 15) is 0 Å². The molecule has 0 unspecified atom stereocenters. The number of hydrogen-bond donors (Lipinski definition) is 0. The van der Waals surface area contributed by atoms with Crippen LogP contribution in [0.3, 0.4) is 0 Å². The molecule has 0 heterocycles. The molecule has 1 N–H and O–H groups in total. The second-order valence-corrected chi connectivity index (χ2v) is 6.66. The molecule has 1 radical (unpaired) electrons. The summed E-state index contributed by atoms with van der Waals surface area (Å²) in [6.07, 6.45) is 0.204. The van der Waals surface area contributed by atoms with Gasteiger partial charge in [0.15, 0.2) is 0 Å². The van der Waals surface area contributed by atoms with E-state index < -0.39 is 6.19 Å². The predicted octanol–water partition coefficient (Wildman–Crippen LogP) is 1.70. The third-order valence-corrected chi connectivity index (χ3v) is 4.61. The molecule has 0 aromatic rings. The van der Waals surface area contributed by atoms with Crippen molar-refractivity contribution >= 4 is 18.0 Å². The fraction of sp³-hybridized carbons (Fsp3) is 1.00. The van der Waals surface area contributed by atoms with Crippen LogP contribution >= 0.6 is 6.19 Å². The molecule has 3 heteroatoms. The summed E-state index contributed by atoms with van der Waals surface area (Å²) in [5.41, 5.74) is 7.35. The SMILES string of the molecule is CCP([NH])(=S)CC. The van der Waals surface area contributed by atoms with Crippen LogP contribution in [0.2, 0.25) is 0 Å². The lowest BCUT2D eigenvalue weighted by molar-refractivity contribution is 1.38. The first-order chi connectivity index (χ1) is 3.12. The molecule has 0 saturated carbocycles. The maximum absolute atomic E-state index is 7.35. The van der Waals surface area contributed by atoms with Crippen molar-refractivity contribution in [2.45, 2.75) is 13.8 Å². The van der Waals surface area contributed by atoms with Gasteiger partial charge < -0.3 is 0 Å². The van der Waals surface area contributed by atoms with Gasteiger partial charge in [0.25, 0.3) is 0 Å². The van der Waals surface area contributed by atoms with E-state index in [0.29, 0.717) is 0 Å². The van der Waals surface area contributed by atoms with Gasteiger partial charge >= 0.3 is 0 Å². The molecule has 0 aliphatic rings. The molecule has 0 fully saturated rings. The van der Waals surface area contributed by atoms with Crippen molar-refractivity contribution in [2.24, 2.45) is 0 Å². The molecular formula is C4H11NPS. The van der Waals surface area contributed by atoms with Gasteiger partial charge in [0.1, 0.15) is 0 Å². The molecule has 43 valence electrons. The van der Waals surface area contributed by atoms with Crippen molar-refractivity contribution in [1.29, 1.82) is 0 Å². The van der Waals surface area contributed by atoms with Crippen molar-refractivity contribution in [3.05, 3.63) is 0 Å². The molecule has 0 amide bonds. The van der Waals surface area contributed by atoms with Gasteiger partial charge in [0.2, 0.25) is 0 Å². The van der Waals surface area contributed by atoms with E-state index in [4.69, 9.17) is 17.3 Å². The van der Waals surface area contributed by atoms with Gasteiger partial charge in [-0.25, -0.2) is 5.50 Å². The van der Waals surface area contributed by atoms with E-state index in [0.717, 1.165) is 12.3 Å². The summed E-state index contributed by atoms with van der Waals surface area (Å²) in [4.78, 5) is 0. The molecule has 0 atom stereocenters. The summed E-state index contributed by atoms with van der Waals surface area (Å²) < 4.78 is 0. The highest BCUT2D eigenvalue weighted by Crippen LogP contribution is 2.37. The van der Waals surface area contributed by atoms with Gasteiger partial charge in [-0.1, -0.05) is 25.7 Å². The van der Waals surface area contributed by atoms with Crippen LogP contribution in [0.25, 0.3) is 0 Å².